The van der Waals surface area contributed by atoms with Gasteiger partial charge in [0.05, 0.1) is 6.10 Å². The van der Waals surface area contributed by atoms with E-state index < -0.39 is 0 Å². The minimum absolute atomic E-state index is 0.260. The fourth-order valence-corrected chi connectivity index (χ4v) is 0.943. The summed E-state index contributed by atoms with van der Waals surface area (Å²) in [5.41, 5.74) is 1.20. The quantitative estimate of drug-likeness (QED) is 0.630. The molecule has 0 radical (unpaired) electrons. The Kier molecular flexibility index (Phi) is 2.53. The normalized spacial score (nSPS) is 10.2. The van der Waals surface area contributed by atoms with Crippen molar-refractivity contribution in [1.82, 2.24) is 0 Å². The maximum Gasteiger partial charge on any atom is 0.122 e. The summed E-state index contributed by atoms with van der Waals surface area (Å²) in [6.07, 6.45) is 0.260. The van der Waals surface area contributed by atoms with Gasteiger partial charge in [-0.15, -0.1) is 0 Å². The van der Waals surface area contributed by atoms with Gasteiger partial charge in [-0.05, 0) is 32.4 Å². The van der Waals surface area contributed by atoms with E-state index in [2.05, 4.69) is 13.0 Å². The number of rotatable bonds is 2. The monoisotopic (exact) mass is 150 g/mol. The van der Waals surface area contributed by atoms with E-state index in [0.717, 1.165) is 5.75 Å². The van der Waals surface area contributed by atoms with Crippen LogP contribution < -0.4 is 4.74 Å². The maximum atomic E-state index is 5.54. The molecule has 0 saturated heterocycles. The average Bonchev–Trinajstić information content (AvgIpc) is 1.93. The van der Waals surface area contributed by atoms with Crippen molar-refractivity contribution in [2.24, 2.45) is 0 Å². The average molecular weight is 150 g/mol. The van der Waals surface area contributed by atoms with Crippen molar-refractivity contribution >= 4 is 0 Å². The van der Waals surface area contributed by atoms with Crippen LogP contribution >= 0.6 is 0 Å². The third kappa shape index (κ3) is 2.26. The Labute approximate surface area is 68.0 Å². The lowest BCUT2D eigenvalue weighted by Gasteiger charge is -2.11. The fourth-order valence-electron chi connectivity index (χ4n) is 0.943. The van der Waals surface area contributed by atoms with Crippen LogP contribution in [0.1, 0.15) is 19.4 Å². The minimum Gasteiger partial charge on any atom is -0.491 e. The zero-order chi connectivity index (χ0) is 8.27. The van der Waals surface area contributed by atoms with Gasteiger partial charge in [0.2, 0.25) is 0 Å². The number of aryl methyl sites for hydroxylation is 1. The van der Waals surface area contributed by atoms with Crippen LogP contribution in [0, 0.1) is 6.92 Å². The molecule has 0 aliphatic carbocycles. The Morgan fingerprint density at radius 3 is 2.36 bits per heavy atom. The molecule has 0 N–H and O–H groups in total. The van der Waals surface area contributed by atoms with Crippen LogP contribution in [-0.4, -0.2) is 6.10 Å². The first kappa shape index (κ1) is 8.12. The molecule has 0 bridgehead atoms. The molecule has 1 aromatic rings. The summed E-state index contributed by atoms with van der Waals surface area (Å²) in [5, 5.41) is 0. The highest BCUT2D eigenvalue weighted by Gasteiger charge is 1.98. The first-order chi connectivity index (χ1) is 5.20. The molecular formula is C10H14O. The molecule has 0 saturated carbocycles. The lowest BCUT2D eigenvalue weighted by Crippen LogP contribution is -2.06. The van der Waals surface area contributed by atoms with Gasteiger partial charge in [0.1, 0.15) is 5.75 Å². The molecule has 0 aromatic heterocycles. The predicted molar refractivity (Wildman–Crippen MR) is 46.9 cm³/mol. The van der Waals surface area contributed by atoms with Crippen LogP contribution in [0.25, 0.3) is 0 Å². The van der Waals surface area contributed by atoms with Gasteiger partial charge in [-0.2, -0.15) is 0 Å². The molecule has 0 amide bonds. The first-order valence-electron chi connectivity index (χ1n) is 3.92. The largest absolute Gasteiger partial charge is 0.491 e. The highest BCUT2D eigenvalue weighted by Crippen LogP contribution is 2.17. The summed E-state index contributed by atoms with van der Waals surface area (Å²) in [7, 11) is 0. The first-order valence-corrected chi connectivity index (χ1v) is 3.92. The Balaban J connectivity index is 2.78. The van der Waals surface area contributed by atoms with Crippen molar-refractivity contribution in [2.45, 2.75) is 26.9 Å². The molecule has 60 valence electrons. The van der Waals surface area contributed by atoms with Crippen LogP contribution in [0.15, 0.2) is 24.3 Å². The number of para-hydroxylation sites is 1. The van der Waals surface area contributed by atoms with Crippen LogP contribution in [0.5, 0.6) is 5.75 Å². The summed E-state index contributed by atoms with van der Waals surface area (Å²) in [6, 6.07) is 8.06. The van der Waals surface area contributed by atoms with Gasteiger partial charge in [0.25, 0.3) is 0 Å². The Morgan fingerprint density at radius 1 is 1.18 bits per heavy atom. The third-order valence-electron chi connectivity index (χ3n) is 1.46. The molecule has 1 aromatic carbocycles. The molecule has 0 spiro atoms. The van der Waals surface area contributed by atoms with Crippen molar-refractivity contribution in [3.05, 3.63) is 29.8 Å². The topological polar surface area (TPSA) is 9.23 Å². The van der Waals surface area contributed by atoms with Gasteiger partial charge >= 0.3 is 0 Å². The second-order valence-corrected chi connectivity index (χ2v) is 2.93. The van der Waals surface area contributed by atoms with E-state index in [1.807, 2.05) is 32.0 Å². The molecule has 1 rings (SSSR count). The lowest BCUT2D eigenvalue weighted by atomic mass is 10.2. The smallest absolute Gasteiger partial charge is 0.122 e. The van der Waals surface area contributed by atoms with E-state index in [1.165, 1.54) is 5.56 Å². The lowest BCUT2D eigenvalue weighted by molar-refractivity contribution is 0.241. The summed E-state index contributed by atoms with van der Waals surface area (Å²) in [4.78, 5) is 0. The van der Waals surface area contributed by atoms with E-state index in [0.29, 0.717) is 0 Å². The fraction of sp³-hybridized carbons (Fsp3) is 0.400. The summed E-state index contributed by atoms with van der Waals surface area (Å²) >= 11 is 0. The molecule has 1 nitrogen and oxygen atoms in total. The van der Waals surface area contributed by atoms with E-state index in [-0.39, 0.29) is 6.10 Å². The number of ether oxygens (including phenoxy) is 1. The summed E-state index contributed by atoms with van der Waals surface area (Å²) in [6.45, 7) is 6.12. The molecule has 0 aliphatic rings. The Hall–Kier alpha value is -0.980. The van der Waals surface area contributed by atoms with Crippen LogP contribution in [0.3, 0.4) is 0 Å². The highest BCUT2D eigenvalue weighted by atomic mass is 16.5. The van der Waals surface area contributed by atoms with Gasteiger partial charge in [-0.25, -0.2) is 0 Å². The van der Waals surface area contributed by atoms with Gasteiger partial charge in [-0.3, -0.25) is 0 Å². The molecule has 0 heterocycles. The molecule has 1 heteroatoms. The highest BCUT2D eigenvalue weighted by molar-refractivity contribution is 5.31. The third-order valence-corrected chi connectivity index (χ3v) is 1.46. The van der Waals surface area contributed by atoms with Crippen molar-refractivity contribution < 1.29 is 4.74 Å². The van der Waals surface area contributed by atoms with Crippen LogP contribution in [-0.2, 0) is 0 Å². The van der Waals surface area contributed by atoms with E-state index in [1.54, 1.807) is 0 Å². The van der Waals surface area contributed by atoms with Crippen molar-refractivity contribution in [3.63, 3.8) is 0 Å². The molecule has 11 heavy (non-hydrogen) atoms. The predicted octanol–water partition coefficient (Wildman–Crippen LogP) is 2.78. The number of benzene rings is 1. The molecule has 0 fully saturated rings. The maximum absolute atomic E-state index is 5.54. The minimum atomic E-state index is 0.260. The van der Waals surface area contributed by atoms with Gasteiger partial charge in [-0.1, -0.05) is 18.2 Å². The SMILES string of the molecule is Cc1ccccc1OC(C)C. The molecule has 0 unspecified atom stereocenters. The Bertz CT molecular complexity index is 228. The van der Waals surface area contributed by atoms with Crippen molar-refractivity contribution in [3.8, 4) is 5.75 Å². The molecule has 0 aliphatic heterocycles. The van der Waals surface area contributed by atoms with Gasteiger partial charge in [0, 0.05) is 0 Å². The van der Waals surface area contributed by atoms with Crippen LogP contribution in [0.4, 0.5) is 0 Å². The second-order valence-electron chi connectivity index (χ2n) is 2.93. The van der Waals surface area contributed by atoms with E-state index in [4.69, 9.17) is 4.74 Å². The standard InChI is InChI=1S/C10H14O/c1-8(2)11-10-7-5-4-6-9(10)3/h4-8H,1-3H3. The van der Waals surface area contributed by atoms with Crippen molar-refractivity contribution in [2.75, 3.05) is 0 Å². The van der Waals surface area contributed by atoms with Crippen molar-refractivity contribution in [1.29, 1.82) is 0 Å². The van der Waals surface area contributed by atoms with Gasteiger partial charge < -0.3 is 4.74 Å². The number of hydrogen-bond donors (Lipinski definition) is 0. The van der Waals surface area contributed by atoms with E-state index >= 15 is 0 Å². The zero-order valence-corrected chi connectivity index (χ0v) is 7.29. The second kappa shape index (κ2) is 3.42. The Morgan fingerprint density at radius 2 is 1.82 bits per heavy atom. The molecule has 0 atom stereocenters. The van der Waals surface area contributed by atoms with Crippen LogP contribution in [0.2, 0.25) is 0 Å². The molecular weight excluding hydrogens is 136 g/mol. The zero-order valence-electron chi connectivity index (χ0n) is 7.29. The van der Waals surface area contributed by atoms with Gasteiger partial charge in [0.15, 0.2) is 0 Å². The summed E-state index contributed by atoms with van der Waals surface area (Å²) < 4.78 is 5.54. The van der Waals surface area contributed by atoms with E-state index in [9.17, 15) is 0 Å². The number of hydrogen-bond acceptors (Lipinski definition) is 1. The summed E-state index contributed by atoms with van der Waals surface area (Å²) in [5.74, 6) is 0.988.